The Labute approximate surface area is 139 Å². The summed E-state index contributed by atoms with van der Waals surface area (Å²) in [6, 6.07) is 0. The van der Waals surface area contributed by atoms with Gasteiger partial charge >= 0.3 is 0 Å². The number of aliphatic carboxylic acids is 1. The molecule has 7 nitrogen and oxygen atoms in total. The summed E-state index contributed by atoms with van der Waals surface area (Å²) >= 11 is 0. The number of piperidine rings is 1. The number of nitrogens with one attached hydrogen (secondary N) is 2. The monoisotopic (exact) mass is 331 g/mol. The lowest BCUT2D eigenvalue weighted by molar-refractivity contribution is -0.138. The van der Waals surface area contributed by atoms with Crippen LogP contribution >= 0.6 is 0 Å². The van der Waals surface area contributed by atoms with Crippen molar-refractivity contribution in [1.29, 1.82) is 5.41 Å². The Hall–Kier alpha value is -1.63. The van der Waals surface area contributed by atoms with Crippen LogP contribution in [0.2, 0.25) is 0 Å². The second-order valence-electron chi connectivity index (χ2n) is 6.46. The molecule has 1 aliphatic heterocycles. The molecule has 1 saturated heterocycles. The molecule has 0 aromatic carbocycles. The zero-order valence-electron chi connectivity index (χ0n) is 14.9. The van der Waals surface area contributed by atoms with E-state index in [-0.39, 0.29) is 5.60 Å². The summed E-state index contributed by atoms with van der Waals surface area (Å²) in [6.07, 6.45) is 5.74. The van der Waals surface area contributed by atoms with Crippen molar-refractivity contribution in [2.45, 2.75) is 65.4 Å². The van der Waals surface area contributed by atoms with Crippen molar-refractivity contribution in [3.05, 3.63) is 0 Å². The number of nitrogens with two attached hydrogens (primary N) is 1. The molecule has 0 aromatic rings. The van der Waals surface area contributed by atoms with Gasteiger partial charge in [0.05, 0.1) is 5.84 Å². The topological polar surface area (TPSA) is 126 Å². The molecule has 7 heteroatoms. The Bertz CT molecular complexity index is 331. The Balaban J connectivity index is 0. The fourth-order valence-electron chi connectivity index (χ4n) is 1.90. The molecule has 1 heterocycles. The number of rotatable bonds is 5. The van der Waals surface area contributed by atoms with E-state index < -0.39 is 5.97 Å². The van der Waals surface area contributed by atoms with Crippen molar-refractivity contribution in [3.63, 3.8) is 0 Å². The van der Waals surface area contributed by atoms with Gasteiger partial charge in [-0.1, -0.05) is 0 Å². The van der Waals surface area contributed by atoms with Crippen molar-refractivity contribution in [1.82, 2.24) is 5.32 Å². The number of carbonyl (C=O) groups is 2. The Morgan fingerprint density at radius 2 is 1.87 bits per heavy atom. The molecule has 0 bridgehead atoms. The third-order valence-electron chi connectivity index (χ3n) is 2.92. The van der Waals surface area contributed by atoms with Crippen LogP contribution in [0.15, 0.2) is 0 Å². The average molecular weight is 331 g/mol. The molecule has 136 valence electrons. The van der Waals surface area contributed by atoms with E-state index in [0.29, 0.717) is 12.3 Å². The standard InChI is InChI=1S/C9H19N3.C5H10O2.C2H4O2/c10-9(11)3-1-2-8-4-6-12-7-5-8;1-5(2,3)7-4-6;1-2(3)4/h8,12H,1-7H2,(H3,10,11);4H,1-3H3;1H3,(H,3,4). The minimum atomic E-state index is -0.833. The molecular formula is C16H33N3O4. The molecule has 5 N–H and O–H groups in total. The summed E-state index contributed by atoms with van der Waals surface area (Å²) in [5.41, 5.74) is 4.96. The molecule has 0 saturated carbocycles. The van der Waals surface area contributed by atoms with Crippen LogP contribution in [0, 0.1) is 11.3 Å². The van der Waals surface area contributed by atoms with E-state index in [1.807, 2.05) is 20.8 Å². The predicted molar refractivity (Wildman–Crippen MR) is 91.6 cm³/mol. The molecule has 1 aliphatic rings. The maximum absolute atomic E-state index is 9.60. The number of carbonyl (C=O) groups excluding carboxylic acids is 1. The Morgan fingerprint density at radius 1 is 1.39 bits per heavy atom. The van der Waals surface area contributed by atoms with Gasteiger partial charge in [-0.05, 0) is 65.5 Å². The molecule has 0 aliphatic carbocycles. The van der Waals surface area contributed by atoms with Gasteiger partial charge in [0, 0.05) is 13.3 Å². The highest BCUT2D eigenvalue weighted by molar-refractivity contribution is 5.76. The highest BCUT2D eigenvalue weighted by Crippen LogP contribution is 2.18. The molecule has 0 unspecified atom stereocenters. The van der Waals surface area contributed by atoms with Crippen molar-refractivity contribution < 1.29 is 19.4 Å². The SMILES string of the molecule is CC(=O)O.CC(C)(C)OC=O.N=C(N)CCCC1CCNCC1. The first-order valence-corrected chi connectivity index (χ1v) is 7.93. The van der Waals surface area contributed by atoms with E-state index in [2.05, 4.69) is 10.1 Å². The molecular weight excluding hydrogens is 298 g/mol. The van der Waals surface area contributed by atoms with E-state index >= 15 is 0 Å². The van der Waals surface area contributed by atoms with Crippen molar-refractivity contribution in [2.24, 2.45) is 11.7 Å². The molecule has 0 aromatic heterocycles. The van der Waals surface area contributed by atoms with Gasteiger partial charge in [0.25, 0.3) is 12.4 Å². The van der Waals surface area contributed by atoms with Gasteiger partial charge in [-0.3, -0.25) is 15.0 Å². The second-order valence-corrected chi connectivity index (χ2v) is 6.46. The molecule has 0 atom stereocenters. The van der Waals surface area contributed by atoms with E-state index in [4.69, 9.17) is 21.0 Å². The van der Waals surface area contributed by atoms with Crippen molar-refractivity contribution in [2.75, 3.05) is 13.1 Å². The number of hydrogen-bond acceptors (Lipinski definition) is 5. The summed E-state index contributed by atoms with van der Waals surface area (Å²) in [5, 5.41) is 17.8. The lowest BCUT2D eigenvalue weighted by atomic mass is 9.92. The van der Waals surface area contributed by atoms with Crippen LogP contribution in [0.1, 0.15) is 59.8 Å². The quantitative estimate of drug-likeness (QED) is 0.347. The summed E-state index contributed by atoms with van der Waals surface area (Å²) in [6.45, 7) is 9.35. The highest BCUT2D eigenvalue weighted by atomic mass is 16.5. The van der Waals surface area contributed by atoms with E-state index in [0.717, 1.165) is 25.7 Å². The van der Waals surface area contributed by atoms with E-state index in [1.165, 1.54) is 32.4 Å². The van der Waals surface area contributed by atoms with Crippen LogP contribution in [-0.2, 0) is 14.3 Å². The van der Waals surface area contributed by atoms with Gasteiger partial charge < -0.3 is 20.9 Å². The smallest absolute Gasteiger partial charge is 0.300 e. The van der Waals surface area contributed by atoms with Crippen LogP contribution in [0.5, 0.6) is 0 Å². The maximum Gasteiger partial charge on any atom is 0.300 e. The molecule has 0 amide bonds. The second kappa shape index (κ2) is 14.0. The first-order valence-electron chi connectivity index (χ1n) is 7.93. The third-order valence-corrected chi connectivity index (χ3v) is 2.92. The van der Waals surface area contributed by atoms with Crippen LogP contribution in [0.4, 0.5) is 0 Å². The van der Waals surface area contributed by atoms with Crippen LogP contribution in [-0.4, -0.2) is 42.1 Å². The van der Waals surface area contributed by atoms with E-state index in [9.17, 15) is 4.79 Å². The van der Waals surface area contributed by atoms with Gasteiger partial charge in [-0.15, -0.1) is 0 Å². The normalized spacial score (nSPS) is 14.4. The van der Waals surface area contributed by atoms with E-state index in [1.54, 1.807) is 0 Å². The van der Waals surface area contributed by atoms with Crippen molar-refractivity contribution in [3.8, 4) is 0 Å². The fourth-order valence-corrected chi connectivity index (χ4v) is 1.90. The average Bonchev–Trinajstić information content (AvgIpc) is 2.38. The Morgan fingerprint density at radius 3 is 2.17 bits per heavy atom. The lowest BCUT2D eigenvalue weighted by Crippen LogP contribution is -2.27. The number of carboxylic acid groups (broad SMARTS) is 1. The first kappa shape index (κ1) is 23.6. The summed E-state index contributed by atoms with van der Waals surface area (Å²) in [7, 11) is 0. The molecule has 1 rings (SSSR count). The number of hydrogen-bond donors (Lipinski definition) is 4. The summed E-state index contributed by atoms with van der Waals surface area (Å²) < 4.78 is 4.55. The van der Waals surface area contributed by atoms with Crippen LogP contribution < -0.4 is 11.1 Å². The molecule has 23 heavy (non-hydrogen) atoms. The van der Waals surface area contributed by atoms with Gasteiger partial charge in [-0.25, -0.2) is 0 Å². The number of amidine groups is 1. The highest BCUT2D eigenvalue weighted by Gasteiger charge is 2.11. The molecule has 0 spiro atoms. The number of carboxylic acids is 1. The minimum absolute atomic E-state index is 0.318. The summed E-state index contributed by atoms with van der Waals surface area (Å²) in [4.78, 5) is 18.6. The van der Waals surface area contributed by atoms with Crippen molar-refractivity contribution >= 4 is 18.3 Å². The predicted octanol–water partition coefficient (Wildman–Crippen LogP) is 2.14. The third kappa shape index (κ3) is 25.7. The largest absolute Gasteiger partial charge is 0.481 e. The lowest BCUT2D eigenvalue weighted by Gasteiger charge is -2.22. The Kier molecular flexibility index (Phi) is 14.4. The summed E-state index contributed by atoms with van der Waals surface area (Å²) in [5.74, 6) is 0.384. The van der Waals surface area contributed by atoms with Gasteiger partial charge in [0.2, 0.25) is 0 Å². The molecule has 1 fully saturated rings. The minimum Gasteiger partial charge on any atom is -0.481 e. The van der Waals surface area contributed by atoms with Gasteiger partial charge in [0.1, 0.15) is 5.60 Å². The van der Waals surface area contributed by atoms with Gasteiger partial charge in [0.15, 0.2) is 0 Å². The maximum atomic E-state index is 9.60. The number of ether oxygens (including phenoxy) is 1. The zero-order valence-corrected chi connectivity index (χ0v) is 14.9. The molecule has 0 radical (unpaired) electrons. The van der Waals surface area contributed by atoms with Crippen LogP contribution in [0.25, 0.3) is 0 Å². The first-order chi connectivity index (χ1) is 10.6. The van der Waals surface area contributed by atoms with Crippen LogP contribution in [0.3, 0.4) is 0 Å². The van der Waals surface area contributed by atoms with Gasteiger partial charge in [-0.2, -0.15) is 0 Å². The fraction of sp³-hybridized carbons (Fsp3) is 0.812. The zero-order chi connectivity index (χ0) is 18.3.